The number of esters is 1. The second kappa shape index (κ2) is 8.78. The first-order valence-corrected chi connectivity index (χ1v) is 10.4. The summed E-state index contributed by atoms with van der Waals surface area (Å²) in [7, 11) is 0. The number of aromatic nitrogens is 4. The van der Waals surface area contributed by atoms with Crippen molar-refractivity contribution in [3.63, 3.8) is 0 Å². The molecule has 7 heteroatoms. The van der Waals surface area contributed by atoms with Crippen molar-refractivity contribution < 1.29 is 9.53 Å². The Morgan fingerprint density at radius 1 is 1.16 bits per heavy atom. The summed E-state index contributed by atoms with van der Waals surface area (Å²) in [6.07, 6.45) is 6.97. The molecular weight excluding hydrogens is 412 g/mol. The maximum Gasteiger partial charge on any atom is 0.331 e. The molecule has 0 aliphatic carbocycles. The number of benzene rings is 1. The molecule has 3 aromatic heterocycles. The fourth-order valence-corrected chi connectivity index (χ4v) is 3.71. The van der Waals surface area contributed by atoms with Crippen LogP contribution in [0.25, 0.3) is 11.7 Å². The van der Waals surface area contributed by atoms with Gasteiger partial charge < -0.3 is 9.14 Å². The number of hydrogen-bond acceptors (Lipinski definition) is 4. The smallest absolute Gasteiger partial charge is 0.331 e. The number of carbonyl (C=O) groups is 1. The molecule has 0 spiro atoms. The molecule has 0 saturated carbocycles. The van der Waals surface area contributed by atoms with Crippen LogP contribution in [-0.2, 0) is 22.7 Å². The second-order valence-electron chi connectivity index (χ2n) is 7.43. The van der Waals surface area contributed by atoms with E-state index >= 15 is 0 Å². The van der Waals surface area contributed by atoms with Crippen molar-refractivity contribution in [2.24, 2.45) is 0 Å². The van der Waals surface area contributed by atoms with E-state index in [0.29, 0.717) is 17.3 Å². The zero-order valence-electron chi connectivity index (χ0n) is 17.7. The molecule has 0 bridgehead atoms. The van der Waals surface area contributed by atoms with Gasteiger partial charge in [-0.3, -0.25) is 4.68 Å². The number of hydrogen-bond donors (Lipinski definition) is 0. The van der Waals surface area contributed by atoms with Crippen LogP contribution in [0.4, 0.5) is 0 Å². The highest BCUT2D eigenvalue weighted by Gasteiger charge is 2.12. The minimum Gasteiger partial charge on any atom is -0.456 e. The lowest BCUT2D eigenvalue weighted by Crippen LogP contribution is -2.04. The Hall–Kier alpha value is -3.38. The molecule has 0 unspecified atom stereocenters. The first kappa shape index (κ1) is 20.9. The molecule has 0 saturated heterocycles. The number of ether oxygens (including phenoxy) is 1. The van der Waals surface area contributed by atoms with Crippen LogP contribution >= 0.6 is 11.6 Å². The summed E-state index contributed by atoms with van der Waals surface area (Å²) in [4.78, 5) is 16.8. The summed E-state index contributed by atoms with van der Waals surface area (Å²) in [5, 5.41) is 5.30. The van der Waals surface area contributed by atoms with Crippen LogP contribution in [0.5, 0.6) is 0 Å². The van der Waals surface area contributed by atoms with E-state index in [9.17, 15) is 4.79 Å². The van der Waals surface area contributed by atoms with Gasteiger partial charge in [0.15, 0.2) is 0 Å². The standard InChI is InChI=1S/C24H23ClN4O2/c1-16-7-6-12-28-14-20(26-24(16)28)15-31-23(30)11-10-21-17(2)27-29(18(21)3)13-19-8-4-5-9-22(19)25/h4-12,14H,13,15H2,1-3H3/b11-10+. The molecule has 6 nitrogen and oxygen atoms in total. The highest BCUT2D eigenvalue weighted by atomic mass is 35.5. The van der Waals surface area contributed by atoms with Crippen molar-refractivity contribution in [2.75, 3.05) is 0 Å². The zero-order valence-corrected chi connectivity index (χ0v) is 18.4. The Labute approximate surface area is 185 Å². The summed E-state index contributed by atoms with van der Waals surface area (Å²) in [6, 6.07) is 11.7. The second-order valence-corrected chi connectivity index (χ2v) is 7.84. The number of rotatable bonds is 6. The highest BCUT2D eigenvalue weighted by molar-refractivity contribution is 6.31. The lowest BCUT2D eigenvalue weighted by atomic mass is 10.1. The molecule has 0 atom stereocenters. The predicted octanol–water partition coefficient (Wildman–Crippen LogP) is 4.91. The van der Waals surface area contributed by atoms with Gasteiger partial charge >= 0.3 is 5.97 Å². The molecule has 0 radical (unpaired) electrons. The predicted molar refractivity (Wildman–Crippen MR) is 121 cm³/mol. The van der Waals surface area contributed by atoms with E-state index in [4.69, 9.17) is 16.3 Å². The van der Waals surface area contributed by atoms with Crippen molar-refractivity contribution in [2.45, 2.75) is 33.9 Å². The third-order valence-corrected chi connectivity index (χ3v) is 5.56. The molecule has 4 aromatic rings. The third-order valence-electron chi connectivity index (χ3n) is 5.19. The molecule has 0 aliphatic rings. The van der Waals surface area contributed by atoms with Gasteiger partial charge in [-0.05, 0) is 50.1 Å². The number of halogens is 1. The van der Waals surface area contributed by atoms with E-state index in [1.54, 1.807) is 6.08 Å². The highest BCUT2D eigenvalue weighted by Crippen LogP contribution is 2.20. The first-order chi connectivity index (χ1) is 14.9. The van der Waals surface area contributed by atoms with E-state index in [1.807, 2.05) is 78.6 Å². The maximum atomic E-state index is 12.2. The van der Waals surface area contributed by atoms with Crippen LogP contribution in [0.15, 0.2) is 54.9 Å². The molecule has 0 aliphatic heterocycles. The number of aryl methyl sites for hydroxylation is 2. The monoisotopic (exact) mass is 434 g/mol. The summed E-state index contributed by atoms with van der Waals surface area (Å²) in [6.45, 7) is 6.57. The molecule has 31 heavy (non-hydrogen) atoms. The van der Waals surface area contributed by atoms with E-state index in [1.165, 1.54) is 6.08 Å². The Kier molecular flexibility index (Phi) is 5.91. The number of imidazole rings is 1. The van der Waals surface area contributed by atoms with Crippen LogP contribution in [0.1, 0.15) is 33.8 Å². The van der Waals surface area contributed by atoms with Gasteiger partial charge in [0, 0.05) is 34.7 Å². The molecular formula is C24H23ClN4O2. The van der Waals surface area contributed by atoms with Crippen molar-refractivity contribution >= 4 is 29.3 Å². The van der Waals surface area contributed by atoms with Gasteiger partial charge in [-0.1, -0.05) is 35.9 Å². The largest absolute Gasteiger partial charge is 0.456 e. The third kappa shape index (κ3) is 4.54. The Morgan fingerprint density at radius 2 is 1.97 bits per heavy atom. The minimum atomic E-state index is -0.425. The molecule has 0 N–H and O–H groups in total. The summed E-state index contributed by atoms with van der Waals surface area (Å²) in [5.41, 5.74) is 6.32. The maximum absolute atomic E-state index is 12.2. The lowest BCUT2D eigenvalue weighted by Gasteiger charge is -2.06. The number of nitrogens with zero attached hydrogens (tertiary/aromatic N) is 4. The van der Waals surface area contributed by atoms with E-state index < -0.39 is 5.97 Å². The lowest BCUT2D eigenvalue weighted by molar-refractivity contribution is -0.139. The fourth-order valence-electron chi connectivity index (χ4n) is 3.51. The molecule has 0 amide bonds. The zero-order chi connectivity index (χ0) is 22.0. The van der Waals surface area contributed by atoms with E-state index in [2.05, 4.69) is 10.1 Å². The van der Waals surface area contributed by atoms with Gasteiger partial charge in [0.05, 0.1) is 17.9 Å². The fraction of sp³-hybridized carbons (Fsp3) is 0.208. The number of fused-ring (bicyclic) bond motifs is 1. The van der Waals surface area contributed by atoms with E-state index in [0.717, 1.165) is 33.7 Å². The number of pyridine rings is 1. The SMILES string of the molecule is Cc1nn(Cc2ccccc2Cl)c(C)c1/C=C/C(=O)OCc1cn2cccc(C)c2n1. The van der Waals surface area contributed by atoms with Gasteiger partial charge in [-0.15, -0.1) is 0 Å². The van der Waals surface area contributed by atoms with Gasteiger partial charge in [-0.2, -0.15) is 5.10 Å². The summed E-state index contributed by atoms with van der Waals surface area (Å²) in [5.74, 6) is -0.425. The van der Waals surface area contributed by atoms with Crippen molar-refractivity contribution in [3.05, 3.63) is 93.7 Å². The number of carbonyl (C=O) groups excluding carboxylic acids is 1. The van der Waals surface area contributed by atoms with Crippen LogP contribution in [-0.4, -0.2) is 25.1 Å². The topological polar surface area (TPSA) is 61.4 Å². The quantitative estimate of drug-likeness (QED) is 0.319. The van der Waals surface area contributed by atoms with Gasteiger partial charge in [0.1, 0.15) is 12.3 Å². The van der Waals surface area contributed by atoms with Crippen LogP contribution in [0, 0.1) is 20.8 Å². The Morgan fingerprint density at radius 3 is 2.74 bits per heavy atom. The van der Waals surface area contributed by atoms with Gasteiger partial charge in [0.25, 0.3) is 0 Å². The average molecular weight is 435 g/mol. The van der Waals surface area contributed by atoms with Crippen LogP contribution in [0.3, 0.4) is 0 Å². The first-order valence-electron chi connectivity index (χ1n) is 9.98. The van der Waals surface area contributed by atoms with Gasteiger partial charge in [-0.25, -0.2) is 9.78 Å². The van der Waals surface area contributed by atoms with Crippen molar-refractivity contribution in [1.82, 2.24) is 19.2 Å². The van der Waals surface area contributed by atoms with Crippen LogP contribution in [0.2, 0.25) is 5.02 Å². The van der Waals surface area contributed by atoms with Gasteiger partial charge in [0.2, 0.25) is 0 Å². The summed E-state index contributed by atoms with van der Waals surface area (Å²) >= 11 is 6.27. The van der Waals surface area contributed by atoms with E-state index in [-0.39, 0.29) is 6.61 Å². The molecule has 4 rings (SSSR count). The molecule has 3 heterocycles. The molecule has 0 fully saturated rings. The van der Waals surface area contributed by atoms with Crippen molar-refractivity contribution in [1.29, 1.82) is 0 Å². The Balaban J connectivity index is 1.43. The normalized spacial score (nSPS) is 11.5. The molecule has 1 aromatic carbocycles. The van der Waals surface area contributed by atoms with Crippen LogP contribution < -0.4 is 0 Å². The molecule has 158 valence electrons. The summed E-state index contributed by atoms with van der Waals surface area (Å²) < 4.78 is 9.19. The van der Waals surface area contributed by atoms with Crippen molar-refractivity contribution in [3.8, 4) is 0 Å². The minimum absolute atomic E-state index is 0.119. The average Bonchev–Trinajstić information content (AvgIpc) is 3.28. The Bertz CT molecular complexity index is 1290.